The second-order valence-electron chi connectivity index (χ2n) is 4.98. The Bertz CT molecular complexity index is 451. The van der Waals surface area contributed by atoms with Crippen molar-refractivity contribution in [3.8, 4) is 5.75 Å². The Kier molecular flexibility index (Phi) is 3.41. The highest BCUT2D eigenvalue weighted by Crippen LogP contribution is 2.36. The predicted molar refractivity (Wildman–Crippen MR) is 71.2 cm³/mol. The van der Waals surface area contributed by atoms with E-state index in [4.69, 9.17) is 4.74 Å². The standard InChI is InChI=1S/C14H20N2O2/c1-5-12-14(2,3)16(17)13(15-12)10-6-8-11(18-4)9-7-10/h6-9,13,17H,5H2,1-4H3/t13-/m0/s1. The van der Waals surface area contributed by atoms with Gasteiger partial charge in [-0.2, -0.15) is 5.06 Å². The van der Waals surface area contributed by atoms with Crippen LogP contribution < -0.4 is 4.74 Å². The summed E-state index contributed by atoms with van der Waals surface area (Å²) in [7, 11) is 1.64. The Labute approximate surface area is 108 Å². The van der Waals surface area contributed by atoms with Gasteiger partial charge in [0.1, 0.15) is 5.75 Å². The highest BCUT2D eigenvalue weighted by Gasteiger charge is 2.41. The highest BCUT2D eigenvalue weighted by molar-refractivity contribution is 5.94. The third kappa shape index (κ3) is 2.02. The Morgan fingerprint density at radius 2 is 1.94 bits per heavy atom. The first-order chi connectivity index (χ1) is 8.50. The lowest BCUT2D eigenvalue weighted by Gasteiger charge is -2.30. The number of benzene rings is 1. The zero-order valence-corrected chi connectivity index (χ0v) is 11.3. The van der Waals surface area contributed by atoms with Crippen molar-refractivity contribution in [3.63, 3.8) is 0 Å². The van der Waals surface area contributed by atoms with E-state index in [9.17, 15) is 5.21 Å². The van der Waals surface area contributed by atoms with Gasteiger partial charge in [0.15, 0.2) is 6.17 Å². The van der Waals surface area contributed by atoms with Gasteiger partial charge in [0, 0.05) is 5.71 Å². The molecule has 0 amide bonds. The summed E-state index contributed by atoms with van der Waals surface area (Å²) in [5.41, 5.74) is 1.58. The first kappa shape index (κ1) is 13.1. The van der Waals surface area contributed by atoms with Crippen LogP contribution in [0.5, 0.6) is 5.75 Å². The number of hydrogen-bond donors (Lipinski definition) is 1. The zero-order valence-electron chi connectivity index (χ0n) is 11.3. The molecule has 0 unspecified atom stereocenters. The Balaban J connectivity index is 2.31. The van der Waals surface area contributed by atoms with Gasteiger partial charge in [-0.05, 0) is 38.0 Å². The van der Waals surface area contributed by atoms with E-state index in [0.29, 0.717) is 0 Å². The summed E-state index contributed by atoms with van der Waals surface area (Å²) >= 11 is 0. The zero-order chi connectivity index (χ0) is 13.3. The maximum Gasteiger partial charge on any atom is 0.151 e. The second kappa shape index (κ2) is 4.71. The first-order valence-corrected chi connectivity index (χ1v) is 6.20. The van der Waals surface area contributed by atoms with Crippen LogP contribution >= 0.6 is 0 Å². The normalized spacial score (nSPS) is 22.9. The molecule has 98 valence electrons. The molecule has 18 heavy (non-hydrogen) atoms. The minimum absolute atomic E-state index is 0.319. The molecule has 0 saturated heterocycles. The average Bonchev–Trinajstić information content (AvgIpc) is 2.61. The van der Waals surface area contributed by atoms with Gasteiger partial charge in [0.2, 0.25) is 0 Å². The molecule has 1 aliphatic rings. The van der Waals surface area contributed by atoms with Crippen molar-refractivity contribution in [1.29, 1.82) is 0 Å². The van der Waals surface area contributed by atoms with E-state index in [1.165, 1.54) is 5.06 Å². The van der Waals surface area contributed by atoms with Crippen LogP contribution in [0.4, 0.5) is 0 Å². The molecule has 1 N–H and O–H groups in total. The van der Waals surface area contributed by atoms with Gasteiger partial charge < -0.3 is 9.94 Å². The third-order valence-corrected chi connectivity index (χ3v) is 3.54. The van der Waals surface area contributed by atoms with Crippen molar-refractivity contribution < 1.29 is 9.94 Å². The lowest BCUT2D eigenvalue weighted by Crippen LogP contribution is -2.43. The van der Waals surface area contributed by atoms with Gasteiger partial charge in [0.25, 0.3) is 0 Å². The van der Waals surface area contributed by atoms with E-state index < -0.39 is 5.54 Å². The minimum Gasteiger partial charge on any atom is -0.497 e. The van der Waals surface area contributed by atoms with E-state index in [1.807, 2.05) is 38.1 Å². The number of aliphatic imine (C=N–C) groups is 1. The number of methoxy groups -OCH3 is 1. The molecule has 1 heterocycles. The van der Waals surface area contributed by atoms with Crippen molar-refractivity contribution >= 4 is 5.71 Å². The number of rotatable bonds is 3. The van der Waals surface area contributed by atoms with Crippen molar-refractivity contribution in [2.75, 3.05) is 7.11 Å². The SMILES string of the molecule is CCC1=N[C@H](c2ccc(OC)cc2)N(O)C1(C)C. The predicted octanol–water partition coefficient (Wildman–Crippen LogP) is 3.03. The average molecular weight is 248 g/mol. The van der Waals surface area contributed by atoms with E-state index in [2.05, 4.69) is 11.9 Å². The lowest BCUT2D eigenvalue weighted by molar-refractivity contribution is -0.159. The Morgan fingerprint density at radius 1 is 1.33 bits per heavy atom. The summed E-state index contributed by atoms with van der Waals surface area (Å²) in [6.45, 7) is 6.03. The van der Waals surface area contributed by atoms with Gasteiger partial charge in [-0.1, -0.05) is 19.1 Å². The van der Waals surface area contributed by atoms with Crippen LogP contribution in [0.25, 0.3) is 0 Å². The molecular weight excluding hydrogens is 228 g/mol. The lowest BCUT2D eigenvalue weighted by atomic mass is 9.97. The Morgan fingerprint density at radius 3 is 2.39 bits per heavy atom. The van der Waals surface area contributed by atoms with Crippen molar-refractivity contribution in [1.82, 2.24) is 5.06 Å². The largest absolute Gasteiger partial charge is 0.497 e. The van der Waals surface area contributed by atoms with Crippen LogP contribution in [0.1, 0.15) is 38.9 Å². The van der Waals surface area contributed by atoms with E-state index in [0.717, 1.165) is 23.4 Å². The third-order valence-electron chi connectivity index (χ3n) is 3.54. The van der Waals surface area contributed by atoms with E-state index in [-0.39, 0.29) is 6.17 Å². The summed E-state index contributed by atoms with van der Waals surface area (Å²) < 4.78 is 5.13. The second-order valence-corrected chi connectivity index (χ2v) is 4.98. The van der Waals surface area contributed by atoms with Crippen LogP contribution in [0.2, 0.25) is 0 Å². The fourth-order valence-electron chi connectivity index (χ4n) is 2.31. The van der Waals surface area contributed by atoms with E-state index in [1.54, 1.807) is 7.11 Å². The molecule has 4 heteroatoms. The minimum atomic E-state index is -0.403. The van der Waals surface area contributed by atoms with Gasteiger partial charge in [-0.25, -0.2) is 0 Å². The number of hydroxylamine groups is 2. The number of nitrogens with zero attached hydrogens (tertiary/aromatic N) is 2. The molecule has 0 radical (unpaired) electrons. The fourth-order valence-corrected chi connectivity index (χ4v) is 2.31. The molecule has 2 rings (SSSR count). The van der Waals surface area contributed by atoms with Crippen molar-refractivity contribution in [2.45, 2.75) is 38.9 Å². The maximum absolute atomic E-state index is 10.3. The monoisotopic (exact) mass is 248 g/mol. The first-order valence-electron chi connectivity index (χ1n) is 6.20. The quantitative estimate of drug-likeness (QED) is 0.894. The van der Waals surface area contributed by atoms with Crippen LogP contribution in [0.15, 0.2) is 29.3 Å². The van der Waals surface area contributed by atoms with Crippen LogP contribution in [0.3, 0.4) is 0 Å². The molecule has 0 bridgehead atoms. The Hall–Kier alpha value is -1.39. The maximum atomic E-state index is 10.3. The molecular formula is C14H20N2O2. The molecule has 1 aromatic carbocycles. The van der Waals surface area contributed by atoms with Crippen LogP contribution in [-0.2, 0) is 0 Å². The van der Waals surface area contributed by atoms with Gasteiger partial charge in [-0.3, -0.25) is 4.99 Å². The fraction of sp³-hybridized carbons (Fsp3) is 0.500. The summed E-state index contributed by atoms with van der Waals surface area (Å²) in [6.07, 6.45) is 0.525. The van der Waals surface area contributed by atoms with Gasteiger partial charge in [-0.15, -0.1) is 0 Å². The summed E-state index contributed by atoms with van der Waals surface area (Å²) in [5, 5.41) is 11.6. The van der Waals surface area contributed by atoms with Crippen molar-refractivity contribution in [3.05, 3.63) is 29.8 Å². The highest BCUT2D eigenvalue weighted by atomic mass is 16.5. The molecule has 1 aliphatic heterocycles. The molecule has 4 nitrogen and oxygen atoms in total. The summed E-state index contributed by atoms with van der Waals surface area (Å²) in [5.74, 6) is 0.806. The molecule has 1 aromatic rings. The van der Waals surface area contributed by atoms with Crippen LogP contribution in [-0.4, -0.2) is 28.6 Å². The van der Waals surface area contributed by atoms with Gasteiger partial charge in [0.05, 0.1) is 12.6 Å². The topological polar surface area (TPSA) is 45.1 Å². The smallest absolute Gasteiger partial charge is 0.151 e. The number of ether oxygens (including phenoxy) is 1. The van der Waals surface area contributed by atoms with E-state index >= 15 is 0 Å². The number of hydrogen-bond acceptors (Lipinski definition) is 4. The van der Waals surface area contributed by atoms with Gasteiger partial charge >= 0.3 is 0 Å². The van der Waals surface area contributed by atoms with Crippen LogP contribution in [0, 0.1) is 0 Å². The molecule has 0 saturated carbocycles. The molecule has 0 aromatic heterocycles. The molecule has 0 fully saturated rings. The molecule has 1 atom stereocenters. The summed E-state index contributed by atoms with van der Waals surface area (Å²) in [6, 6.07) is 7.64. The molecule has 0 spiro atoms. The van der Waals surface area contributed by atoms with Crippen molar-refractivity contribution in [2.24, 2.45) is 4.99 Å². The molecule has 0 aliphatic carbocycles. The summed E-state index contributed by atoms with van der Waals surface area (Å²) in [4.78, 5) is 4.62.